The topological polar surface area (TPSA) is 92.8 Å². The van der Waals surface area contributed by atoms with Gasteiger partial charge in [-0.15, -0.1) is 5.10 Å². The average Bonchev–Trinajstić information content (AvgIpc) is 2.91. The molecule has 0 radical (unpaired) electrons. The van der Waals surface area contributed by atoms with E-state index in [4.69, 9.17) is 4.74 Å². The third-order valence-corrected chi connectivity index (χ3v) is 2.89. The second-order valence-electron chi connectivity index (χ2n) is 4.61. The van der Waals surface area contributed by atoms with E-state index in [-0.39, 0.29) is 17.8 Å². The van der Waals surface area contributed by atoms with Crippen molar-refractivity contribution < 1.29 is 9.53 Å². The van der Waals surface area contributed by atoms with E-state index >= 15 is 0 Å². The Kier molecular flexibility index (Phi) is 4.65. The van der Waals surface area contributed by atoms with Gasteiger partial charge >= 0.3 is 0 Å². The minimum atomic E-state index is -0.131. The lowest BCUT2D eigenvalue weighted by Crippen LogP contribution is -2.17. The molecule has 7 heteroatoms. The van der Waals surface area contributed by atoms with Crippen LogP contribution >= 0.6 is 0 Å². The van der Waals surface area contributed by atoms with E-state index in [1.165, 1.54) is 0 Å². The van der Waals surface area contributed by atoms with Crippen LogP contribution in [0.25, 0.3) is 0 Å². The Labute approximate surface area is 116 Å². The smallest absolute Gasteiger partial charge is 0.269 e. The van der Waals surface area contributed by atoms with Gasteiger partial charge in [-0.25, -0.2) is 0 Å². The van der Waals surface area contributed by atoms with Gasteiger partial charge in [0, 0.05) is 6.42 Å². The molecule has 0 aliphatic heterocycles. The summed E-state index contributed by atoms with van der Waals surface area (Å²) < 4.78 is 5.30. The van der Waals surface area contributed by atoms with E-state index in [9.17, 15) is 4.79 Å². The largest absolute Gasteiger partial charge is 0.496 e. The number of ether oxygens (including phenoxy) is 1. The summed E-state index contributed by atoms with van der Waals surface area (Å²) in [5, 5.41) is 15.6. The minimum Gasteiger partial charge on any atom is -0.496 e. The number of para-hydroxylation sites is 1. The van der Waals surface area contributed by atoms with Crippen LogP contribution in [0.1, 0.15) is 18.9 Å². The highest BCUT2D eigenvalue weighted by molar-refractivity contribution is 5.88. The molecule has 7 nitrogen and oxygen atoms in total. The molecule has 1 amide bonds. The fraction of sp³-hybridized carbons (Fsp3) is 0.385. The van der Waals surface area contributed by atoms with Crippen LogP contribution in [0.4, 0.5) is 5.95 Å². The maximum Gasteiger partial charge on any atom is 0.269 e. The summed E-state index contributed by atoms with van der Waals surface area (Å²) in [4.78, 5) is 11.8. The number of nitrogens with zero attached hydrogens (tertiary/aromatic N) is 3. The molecular formula is C13H17N5O2. The van der Waals surface area contributed by atoms with Gasteiger partial charge < -0.3 is 4.74 Å². The number of aromatic amines is 1. The number of H-pyrrole nitrogens is 1. The monoisotopic (exact) mass is 275 g/mol. The third kappa shape index (κ3) is 3.78. The van der Waals surface area contributed by atoms with Gasteiger partial charge in [0.25, 0.3) is 5.95 Å². The van der Waals surface area contributed by atoms with Crippen molar-refractivity contribution in [3.8, 4) is 5.75 Å². The maximum absolute atomic E-state index is 11.8. The van der Waals surface area contributed by atoms with Crippen molar-refractivity contribution in [1.29, 1.82) is 0 Å². The summed E-state index contributed by atoms with van der Waals surface area (Å²) in [6.07, 6.45) is 1.15. The second kappa shape index (κ2) is 6.65. The van der Waals surface area contributed by atoms with E-state index in [2.05, 4.69) is 25.9 Å². The van der Waals surface area contributed by atoms with E-state index in [1.807, 2.05) is 31.2 Å². The number of anilines is 1. The summed E-state index contributed by atoms with van der Waals surface area (Å²) in [5.41, 5.74) is 1.09. The number of nitrogens with one attached hydrogen (secondary N) is 2. The predicted molar refractivity (Wildman–Crippen MR) is 73.3 cm³/mol. The maximum atomic E-state index is 11.8. The highest BCUT2D eigenvalue weighted by atomic mass is 16.5. The lowest BCUT2D eigenvalue weighted by atomic mass is 9.97. The molecule has 2 rings (SSSR count). The molecule has 0 bridgehead atoms. The van der Waals surface area contributed by atoms with Crippen molar-refractivity contribution in [1.82, 2.24) is 20.6 Å². The summed E-state index contributed by atoms with van der Waals surface area (Å²) >= 11 is 0. The van der Waals surface area contributed by atoms with E-state index in [1.54, 1.807) is 7.11 Å². The molecule has 1 heterocycles. The highest BCUT2D eigenvalue weighted by Crippen LogP contribution is 2.22. The molecule has 0 fully saturated rings. The number of benzene rings is 1. The fourth-order valence-corrected chi connectivity index (χ4v) is 2.03. The first-order valence-electron chi connectivity index (χ1n) is 6.34. The number of tetrazole rings is 1. The Morgan fingerprint density at radius 1 is 1.45 bits per heavy atom. The lowest BCUT2D eigenvalue weighted by molar-refractivity contribution is -0.117. The van der Waals surface area contributed by atoms with Gasteiger partial charge in [0.05, 0.1) is 7.11 Å². The van der Waals surface area contributed by atoms with Gasteiger partial charge in [-0.2, -0.15) is 5.21 Å². The molecule has 1 atom stereocenters. The summed E-state index contributed by atoms with van der Waals surface area (Å²) in [7, 11) is 1.65. The Bertz CT molecular complexity index is 556. The molecule has 0 unspecified atom stereocenters. The van der Waals surface area contributed by atoms with Gasteiger partial charge in [0.15, 0.2) is 0 Å². The Hall–Kier alpha value is -2.44. The number of hydrogen-bond donors (Lipinski definition) is 2. The Morgan fingerprint density at radius 3 is 2.95 bits per heavy atom. The first kappa shape index (κ1) is 14.0. The van der Waals surface area contributed by atoms with Crippen molar-refractivity contribution >= 4 is 11.9 Å². The number of carbonyl (C=O) groups excluding carboxylic acids is 1. The number of rotatable bonds is 6. The minimum absolute atomic E-state index is 0.131. The zero-order valence-corrected chi connectivity index (χ0v) is 11.5. The zero-order chi connectivity index (χ0) is 14.4. The van der Waals surface area contributed by atoms with E-state index in [0.717, 1.165) is 17.7 Å². The number of aromatic nitrogens is 4. The first-order valence-corrected chi connectivity index (χ1v) is 6.34. The molecule has 1 aromatic heterocycles. The first-order chi connectivity index (χ1) is 9.69. The van der Waals surface area contributed by atoms with Crippen molar-refractivity contribution in [3.63, 3.8) is 0 Å². The molecule has 106 valence electrons. The van der Waals surface area contributed by atoms with Gasteiger partial charge in [-0.05, 0) is 29.2 Å². The Morgan fingerprint density at radius 2 is 2.25 bits per heavy atom. The SMILES string of the molecule is COc1ccccc1C[C@@H](C)CC(=O)Nc1nn[nH]n1. The van der Waals surface area contributed by atoms with Crippen LogP contribution < -0.4 is 10.1 Å². The standard InChI is InChI=1S/C13H17N5O2/c1-9(7-10-5-3-4-6-11(10)20-2)8-12(19)14-13-15-17-18-16-13/h3-6,9H,7-8H2,1-2H3,(H2,14,15,16,17,18,19)/t9-/m1/s1. The number of hydrogen-bond acceptors (Lipinski definition) is 5. The molecule has 0 saturated heterocycles. The van der Waals surface area contributed by atoms with Crippen LogP contribution in [-0.2, 0) is 11.2 Å². The molecule has 0 aliphatic carbocycles. The lowest BCUT2D eigenvalue weighted by Gasteiger charge is -2.13. The van der Waals surface area contributed by atoms with Gasteiger partial charge in [0.2, 0.25) is 5.91 Å². The van der Waals surface area contributed by atoms with Crippen LogP contribution in [0, 0.1) is 5.92 Å². The van der Waals surface area contributed by atoms with Crippen LogP contribution in [0.2, 0.25) is 0 Å². The second-order valence-corrected chi connectivity index (χ2v) is 4.61. The summed E-state index contributed by atoms with van der Waals surface area (Å²) in [5.74, 6) is 1.09. The summed E-state index contributed by atoms with van der Waals surface area (Å²) in [6, 6.07) is 7.81. The van der Waals surface area contributed by atoms with E-state index in [0.29, 0.717) is 6.42 Å². The molecule has 0 saturated carbocycles. The molecule has 2 N–H and O–H groups in total. The molecule has 2 aromatic rings. The van der Waals surface area contributed by atoms with Gasteiger partial charge in [-0.1, -0.05) is 30.2 Å². The highest BCUT2D eigenvalue weighted by Gasteiger charge is 2.13. The van der Waals surface area contributed by atoms with Crippen LogP contribution in [0.15, 0.2) is 24.3 Å². The molecule has 0 aliphatic rings. The van der Waals surface area contributed by atoms with Gasteiger partial charge in [-0.3, -0.25) is 10.1 Å². The average molecular weight is 275 g/mol. The quantitative estimate of drug-likeness (QED) is 0.831. The van der Waals surface area contributed by atoms with Crippen LogP contribution in [0.5, 0.6) is 5.75 Å². The number of amides is 1. The normalized spacial score (nSPS) is 11.9. The third-order valence-electron chi connectivity index (χ3n) is 2.89. The molecule has 1 aromatic carbocycles. The molecule has 0 spiro atoms. The van der Waals surface area contributed by atoms with Crippen molar-refractivity contribution in [2.75, 3.05) is 12.4 Å². The fourth-order valence-electron chi connectivity index (χ4n) is 2.03. The van der Waals surface area contributed by atoms with Crippen molar-refractivity contribution in [2.24, 2.45) is 5.92 Å². The number of methoxy groups -OCH3 is 1. The molecule has 20 heavy (non-hydrogen) atoms. The van der Waals surface area contributed by atoms with Crippen molar-refractivity contribution in [2.45, 2.75) is 19.8 Å². The van der Waals surface area contributed by atoms with Crippen LogP contribution in [0.3, 0.4) is 0 Å². The van der Waals surface area contributed by atoms with Crippen LogP contribution in [-0.4, -0.2) is 33.6 Å². The summed E-state index contributed by atoms with van der Waals surface area (Å²) in [6.45, 7) is 2.02. The zero-order valence-electron chi connectivity index (χ0n) is 11.5. The van der Waals surface area contributed by atoms with Crippen molar-refractivity contribution in [3.05, 3.63) is 29.8 Å². The number of carbonyl (C=O) groups is 1. The molecular weight excluding hydrogens is 258 g/mol. The predicted octanol–water partition coefficient (Wildman–Crippen LogP) is 1.42. The Balaban J connectivity index is 1.88. The van der Waals surface area contributed by atoms with E-state index < -0.39 is 0 Å². The van der Waals surface area contributed by atoms with Gasteiger partial charge in [0.1, 0.15) is 5.75 Å².